The topological polar surface area (TPSA) is 50.9 Å². The Morgan fingerprint density at radius 1 is 1.37 bits per heavy atom. The summed E-state index contributed by atoms with van der Waals surface area (Å²) in [5, 5.41) is 3.29. The molecule has 0 atom stereocenters. The van der Waals surface area contributed by atoms with Crippen LogP contribution in [-0.4, -0.2) is 9.97 Å². The van der Waals surface area contributed by atoms with Gasteiger partial charge in [0, 0.05) is 11.3 Å². The van der Waals surface area contributed by atoms with Gasteiger partial charge in [0.05, 0.1) is 10.7 Å². The van der Waals surface area contributed by atoms with Crippen molar-refractivity contribution in [1.29, 1.82) is 0 Å². The Morgan fingerprint density at radius 2 is 2.11 bits per heavy atom. The lowest BCUT2D eigenvalue weighted by Gasteiger charge is -2.10. The van der Waals surface area contributed by atoms with Crippen molar-refractivity contribution in [2.75, 3.05) is 5.32 Å². The van der Waals surface area contributed by atoms with Crippen molar-refractivity contribution in [3.8, 4) is 0 Å². The van der Waals surface area contributed by atoms with Gasteiger partial charge in [-0.15, -0.1) is 0 Å². The highest BCUT2D eigenvalue weighted by molar-refractivity contribution is 7.80. The largest absolute Gasteiger partial charge is 0.389 e. The van der Waals surface area contributed by atoms with Gasteiger partial charge in [-0.05, 0) is 37.3 Å². The van der Waals surface area contributed by atoms with Crippen LogP contribution < -0.4 is 11.1 Å². The third-order valence-electron chi connectivity index (χ3n) is 2.43. The van der Waals surface area contributed by atoms with Gasteiger partial charge in [0.2, 0.25) is 0 Å². The van der Waals surface area contributed by atoms with E-state index in [9.17, 15) is 4.39 Å². The number of nitrogens with one attached hydrogen (secondary N) is 1. The van der Waals surface area contributed by atoms with E-state index in [4.69, 9.17) is 29.6 Å². The average Bonchev–Trinajstić information content (AvgIpc) is 2.32. The quantitative estimate of drug-likeness (QED) is 0.850. The summed E-state index contributed by atoms with van der Waals surface area (Å²) in [7, 11) is 0. The second kappa shape index (κ2) is 5.50. The number of thiocarbonyl (C=S) groups is 1. The first-order chi connectivity index (χ1) is 8.95. The lowest BCUT2D eigenvalue weighted by Crippen LogP contribution is -2.10. The van der Waals surface area contributed by atoms with E-state index < -0.39 is 5.82 Å². The molecule has 0 aliphatic heterocycles. The van der Waals surface area contributed by atoms with Crippen LogP contribution in [0.15, 0.2) is 30.3 Å². The fourth-order valence-corrected chi connectivity index (χ4v) is 1.94. The van der Waals surface area contributed by atoms with Crippen molar-refractivity contribution >= 4 is 40.3 Å². The number of halogens is 2. The first-order valence-electron chi connectivity index (χ1n) is 5.46. The molecule has 0 saturated heterocycles. The molecule has 3 nitrogen and oxygen atoms in total. The molecule has 0 aliphatic carbocycles. The molecule has 0 amide bonds. The molecular formula is C13H11ClFN3S. The Labute approximate surface area is 120 Å². The zero-order valence-corrected chi connectivity index (χ0v) is 11.6. The van der Waals surface area contributed by atoms with Crippen LogP contribution in [0.3, 0.4) is 0 Å². The van der Waals surface area contributed by atoms with Crippen LogP contribution in [0.5, 0.6) is 0 Å². The normalized spacial score (nSPS) is 10.3. The number of hydrogen-bond donors (Lipinski definition) is 2. The highest BCUT2D eigenvalue weighted by Crippen LogP contribution is 2.25. The van der Waals surface area contributed by atoms with E-state index in [-0.39, 0.29) is 5.02 Å². The molecule has 0 spiro atoms. The summed E-state index contributed by atoms with van der Waals surface area (Å²) in [4.78, 5) is 4.59. The van der Waals surface area contributed by atoms with E-state index in [0.29, 0.717) is 22.1 Å². The third kappa shape index (κ3) is 3.39. The highest BCUT2D eigenvalue weighted by Gasteiger charge is 2.06. The molecule has 1 aromatic heterocycles. The van der Waals surface area contributed by atoms with Gasteiger partial charge in [-0.1, -0.05) is 23.8 Å². The fraction of sp³-hybridized carbons (Fsp3) is 0.0769. The summed E-state index contributed by atoms with van der Waals surface area (Å²) in [6.45, 7) is 1.83. The highest BCUT2D eigenvalue weighted by atomic mass is 35.5. The Morgan fingerprint density at radius 3 is 2.74 bits per heavy atom. The van der Waals surface area contributed by atoms with Gasteiger partial charge in [-0.3, -0.25) is 0 Å². The molecule has 0 aliphatic rings. The predicted octanol–water partition coefficient (Wildman–Crippen LogP) is 3.56. The first-order valence-corrected chi connectivity index (χ1v) is 6.25. The minimum absolute atomic E-state index is 0.278. The van der Waals surface area contributed by atoms with E-state index >= 15 is 0 Å². The molecule has 0 unspecified atom stereocenters. The zero-order valence-electron chi connectivity index (χ0n) is 10.1. The van der Waals surface area contributed by atoms with E-state index in [1.165, 1.54) is 12.1 Å². The SMILES string of the molecule is Cc1cc(C(N)=S)cc(Nc2ccc(F)cc2Cl)n1. The van der Waals surface area contributed by atoms with E-state index in [1.807, 2.05) is 6.92 Å². The molecule has 6 heteroatoms. The summed E-state index contributed by atoms with van der Waals surface area (Å²) in [6, 6.07) is 7.60. The molecule has 1 aromatic carbocycles. The Kier molecular flexibility index (Phi) is 3.97. The summed E-state index contributed by atoms with van der Waals surface area (Å²) < 4.78 is 13.0. The number of pyridine rings is 1. The average molecular weight is 296 g/mol. The Hall–Kier alpha value is -1.72. The van der Waals surface area contributed by atoms with E-state index in [2.05, 4.69) is 10.3 Å². The Balaban J connectivity index is 2.35. The minimum Gasteiger partial charge on any atom is -0.389 e. The lowest BCUT2D eigenvalue weighted by molar-refractivity contribution is 0.628. The molecule has 19 heavy (non-hydrogen) atoms. The maximum Gasteiger partial charge on any atom is 0.131 e. The maximum absolute atomic E-state index is 13.0. The van der Waals surface area contributed by atoms with Crippen molar-refractivity contribution in [1.82, 2.24) is 4.98 Å². The number of nitrogens with two attached hydrogens (primary N) is 1. The van der Waals surface area contributed by atoms with Crippen LogP contribution in [0.4, 0.5) is 15.9 Å². The Bertz CT molecular complexity index is 646. The molecule has 0 bridgehead atoms. The number of nitrogens with zero attached hydrogens (tertiary/aromatic N) is 1. The maximum atomic E-state index is 13.0. The lowest BCUT2D eigenvalue weighted by atomic mass is 10.2. The monoisotopic (exact) mass is 295 g/mol. The molecule has 1 heterocycles. The van der Waals surface area contributed by atoms with Gasteiger partial charge in [-0.25, -0.2) is 9.37 Å². The smallest absolute Gasteiger partial charge is 0.131 e. The van der Waals surface area contributed by atoms with Crippen molar-refractivity contribution < 1.29 is 4.39 Å². The summed E-state index contributed by atoms with van der Waals surface area (Å²) in [5.74, 6) is 0.160. The second-order valence-electron chi connectivity index (χ2n) is 4.00. The minimum atomic E-state index is -0.392. The van der Waals surface area contributed by atoms with Crippen LogP contribution in [0.2, 0.25) is 5.02 Å². The van der Waals surface area contributed by atoms with Crippen LogP contribution in [0.1, 0.15) is 11.3 Å². The van der Waals surface area contributed by atoms with E-state index in [1.54, 1.807) is 18.2 Å². The number of aryl methyl sites for hydroxylation is 1. The number of hydrogen-bond acceptors (Lipinski definition) is 3. The number of anilines is 2. The second-order valence-corrected chi connectivity index (χ2v) is 4.84. The molecule has 2 rings (SSSR count). The van der Waals surface area contributed by atoms with Crippen LogP contribution in [0.25, 0.3) is 0 Å². The van der Waals surface area contributed by atoms with Crippen molar-refractivity contribution in [2.45, 2.75) is 6.92 Å². The molecule has 0 radical (unpaired) electrons. The molecule has 2 aromatic rings. The van der Waals surface area contributed by atoms with Crippen molar-refractivity contribution in [3.63, 3.8) is 0 Å². The van der Waals surface area contributed by atoms with E-state index in [0.717, 1.165) is 5.69 Å². The van der Waals surface area contributed by atoms with Crippen LogP contribution in [0, 0.1) is 12.7 Å². The molecule has 0 saturated carbocycles. The predicted molar refractivity (Wildman–Crippen MR) is 79.6 cm³/mol. The summed E-state index contributed by atoms with van der Waals surface area (Å²) in [6.07, 6.45) is 0. The molecule has 98 valence electrons. The van der Waals surface area contributed by atoms with Gasteiger partial charge in [0.25, 0.3) is 0 Å². The molecular weight excluding hydrogens is 285 g/mol. The van der Waals surface area contributed by atoms with Crippen LogP contribution >= 0.6 is 23.8 Å². The van der Waals surface area contributed by atoms with Gasteiger partial charge in [-0.2, -0.15) is 0 Å². The zero-order chi connectivity index (χ0) is 14.0. The van der Waals surface area contributed by atoms with Gasteiger partial charge < -0.3 is 11.1 Å². The number of aromatic nitrogens is 1. The summed E-state index contributed by atoms with van der Waals surface area (Å²) in [5.41, 5.74) is 7.64. The van der Waals surface area contributed by atoms with Gasteiger partial charge >= 0.3 is 0 Å². The summed E-state index contributed by atoms with van der Waals surface area (Å²) >= 11 is 10.9. The van der Waals surface area contributed by atoms with Crippen molar-refractivity contribution in [3.05, 3.63) is 52.4 Å². The molecule has 0 fully saturated rings. The van der Waals surface area contributed by atoms with Crippen LogP contribution in [-0.2, 0) is 0 Å². The number of rotatable bonds is 3. The number of benzene rings is 1. The first kappa shape index (κ1) is 13.7. The van der Waals surface area contributed by atoms with Crippen molar-refractivity contribution in [2.24, 2.45) is 5.73 Å². The fourth-order valence-electron chi connectivity index (χ4n) is 1.60. The standard InChI is InChI=1S/C13H11ClFN3S/c1-7-4-8(13(16)19)5-12(17-7)18-11-3-2-9(15)6-10(11)14/h2-6H,1H3,(H2,16,19)(H,17,18). The molecule has 3 N–H and O–H groups in total. The third-order valence-corrected chi connectivity index (χ3v) is 2.98. The van der Waals surface area contributed by atoms with Gasteiger partial charge in [0.15, 0.2) is 0 Å². The van der Waals surface area contributed by atoms with Gasteiger partial charge in [0.1, 0.15) is 16.6 Å².